The van der Waals surface area contributed by atoms with Crippen molar-refractivity contribution in [1.29, 1.82) is 0 Å². The average Bonchev–Trinajstić information content (AvgIpc) is 2.79. The van der Waals surface area contributed by atoms with Crippen molar-refractivity contribution in [3.05, 3.63) is 65.2 Å². The molecule has 0 aromatic heterocycles. The number of carbonyl (C=O) groups is 2. The lowest BCUT2D eigenvalue weighted by molar-refractivity contribution is -0.141. The summed E-state index contributed by atoms with van der Waals surface area (Å²) in [4.78, 5) is 28.5. The number of ether oxygens (including phenoxy) is 1. The van der Waals surface area contributed by atoms with Crippen LogP contribution >= 0.6 is 0 Å². The van der Waals surface area contributed by atoms with E-state index in [4.69, 9.17) is 4.74 Å². The first-order valence-corrected chi connectivity index (χ1v) is 13.0. The molecule has 6 heteroatoms. The Morgan fingerprint density at radius 3 is 2.12 bits per heavy atom. The maximum absolute atomic E-state index is 13.6. The van der Waals surface area contributed by atoms with Crippen LogP contribution in [0.25, 0.3) is 0 Å². The highest BCUT2D eigenvalue weighted by molar-refractivity contribution is 7.85. The molecule has 1 atom stereocenters. The van der Waals surface area contributed by atoms with Gasteiger partial charge in [0.1, 0.15) is 11.8 Å². The first-order chi connectivity index (χ1) is 15.6. The van der Waals surface area contributed by atoms with Gasteiger partial charge in [0, 0.05) is 41.7 Å². The summed E-state index contributed by atoms with van der Waals surface area (Å²) in [6, 6.07) is 14.8. The van der Waals surface area contributed by atoms with E-state index >= 15 is 0 Å². The van der Waals surface area contributed by atoms with Crippen molar-refractivity contribution in [3.8, 4) is 5.75 Å². The summed E-state index contributed by atoms with van der Waals surface area (Å²) in [7, 11) is 2.47. The fraction of sp³-hybridized carbons (Fsp3) is 0.481. The number of methoxy groups -OCH3 is 1. The Kier molecular flexibility index (Phi) is 8.11. The van der Waals surface area contributed by atoms with Gasteiger partial charge >= 0.3 is 0 Å². The summed E-state index contributed by atoms with van der Waals surface area (Å²) in [6.45, 7) is 6.48. The Hall–Kier alpha value is -2.47. The molecule has 1 aliphatic rings. The van der Waals surface area contributed by atoms with Crippen molar-refractivity contribution in [2.75, 3.05) is 25.7 Å². The molecular formula is C27H35NO4S. The Morgan fingerprint density at radius 1 is 1.03 bits per heavy atom. The maximum atomic E-state index is 13.6. The Morgan fingerprint density at radius 2 is 1.61 bits per heavy atom. The predicted molar refractivity (Wildman–Crippen MR) is 133 cm³/mol. The highest BCUT2D eigenvalue weighted by atomic mass is 32.2. The number of amides is 1. The van der Waals surface area contributed by atoms with E-state index < -0.39 is 16.8 Å². The van der Waals surface area contributed by atoms with Gasteiger partial charge in [-0.2, -0.15) is 0 Å². The van der Waals surface area contributed by atoms with Gasteiger partial charge in [-0.15, -0.1) is 0 Å². The second-order valence-corrected chi connectivity index (χ2v) is 11.5. The van der Waals surface area contributed by atoms with Crippen LogP contribution in [0.15, 0.2) is 48.5 Å². The summed E-state index contributed by atoms with van der Waals surface area (Å²) in [6.07, 6.45) is 1.45. The van der Waals surface area contributed by atoms with Gasteiger partial charge in [0.25, 0.3) is 0 Å². The zero-order chi connectivity index (χ0) is 24.2. The summed E-state index contributed by atoms with van der Waals surface area (Å²) < 4.78 is 17.0. The first kappa shape index (κ1) is 25.2. The van der Waals surface area contributed by atoms with Gasteiger partial charge in [-0.25, -0.2) is 0 Å². The number of Topliss-reactive ketones (excluding diaryl/α,β-unsaturated/α-hetero) is 1. The van der Waals surface area contributed by atoms with E-state index in [2.05, 4.69) is 32.9 Å². The van der Waals surface area contributed by atoms with Crippen LogP contribution in [-0.4, -0.2) is 46.5 Å². The van der Waals surface area contributed by atoms with Crippen LogP contribution in [0.2, 0.25) is 0 Å². The summed E-state index contributed by atoms with van der Waals surface area (Å²) >= 11 is 0. The van der Waals surface area contributed by atoms with E-state index in [1.165, 1.54) is 5.56 Å². The number of carbonyl (C=O) groups excluding carboxylic acids is 2. The van der Waals surface area contributed by atoms with Crippen molar-refractivity contribution < 1.29 is 18.5 Å². The fourth-order valence-corrected chi connectivity index (χ4v) is 5.59. The van der Waals surface area contributed by atoms with Crippen LogP contribution in [0.3, 0.4) is 0 Å². The van der Waals surface area contributed by atoms with Crippen LogP contribution in [0.4, 0.5) is 0 Å². The number of likely N-dealkylation sites (N-methyl/N-ethyl adjacent to an activating group) is 1. The van der Waals surface area contributed by atoms with E-state index in [0.717, 1.165) is 11.1 Å². The monoisotopic (exact) mass is 469 g/mol. The van der Waals surface area contributed by atoms with Gasteiger partial charge < -0.3 is 9.64 Å². The second-order valence-electron chi connectivity index (χ2n) is 9.84. The van der Waals surface area contributed by atoms with E-state index in [1.807, 2.05) is 36.4 Å². The molecule has 1 aliphatic heterocycles. The molecule has 1 unspecified atom stereocenters. The van der Waals surface area contributed by atoms with Gasteiger partial charge in [-0.1, -0.05) is 57.2 Å². The predicted octanol–water partition coefficient (Wildman–Crippen LogP) is 4.46. The minimum Gasteiger partial charge on any atom is -0.497 e. The molecule has 0 aliphatic carbocycles. The largest absolute Gasteiger partial charge is 0.497 e. The molecule has 1 saturated heterocycles. The Balaban J connectivity index is 1.85. The van der Waals surface area contributed by atoms with Crippen LogP contribution < -0.4 is 4.74 Å². The third-order valence-electron chi connectivity index (χ3n) is 6.41. The van der Waals surface area contributed by atoms with E-state index in [-0.39, 0.29) is 29.4 Å². The number of hydrogen-bond acceptors (Lipinski definition) is 4. The summed E-state index contributed by atoms with van der Waals surface area (Å²) in [5.74, 6) is 1.53. The van der Waals surface area contributed by atoms with Crippen molar-refractivity contribution in [2.45, 2.75) is 51.5 Å². The van der Waals surface area contributed by atoms with E-state index in [9.17, 15) is 13.8 Å². The number of rotatable bonds is 7. The molecule has 0 saturated carbocycles. The third-order valence-corrected chi connectivity index (χ3v) is 7.79. The Bertz CT molecular complexity index is 982. The average molecular weight is 470 g/mol. The van der Waals surface area contributed by atoms with Crippen molar-refractivity contribution in [2.24, 2.45) is 5.92 Å². The highest BCUT2D eigenvalue weighted by Gasteiger charge is 2.34. The molecule has 178 valence electrons. The SMILES string of the molecule is COc1ccc(C(C(=O)Cc2ccc(C(C)(C)C)cc2)N(C)C(=O)C2CCS(=O)CC2)cc1. The smallest absolute Gasteiger partial charge is 0.226 e. The number of benzene rings is 2. The lowest BCUT2D eigenvalue weighted by Crippen LogP contribution is -2.41. The molecule has 0 bridgehead atoms. The minimum atomic E-state index is -0.837. The number of hydrogen-bond donors (Lipinski definition) is 0. The third kappa shape index (κ3) is 6.32. The lowest BCUT2D eigenvalue weighted by Gasteiger charge is -2.32. The number of ketones is 1. The minimum absolute atomic E-state index is 0.0288. The zero-order valence-electron chi connectivity index (χ0n) is 20.3. The molecule has 3 rings (SSSR count). The quantitative estimate of drug-likeness (QED) is 0.601. The maximum Gasteiger partial charge on any atom is 0.226 e. The lowest BCUT2D eigenvalue weighted by atomic mass is 9.86. The zero-order valence-corrected chi connectivity index (χ0v) is 21.1. The van der Waals surface area contributed by atoms with Crippen LogP contribution in [0.1, 0.15) is 56.3 Å². The molecule has 5 nitrogen and oxygen atoms in total. The molecule has 1 fully saturated rings. The molecule has 0 N–H and O–H groups in total. The molecule has 33 heavy (non-hydrogen) atoms. The second kappa shape index (κ2) is 10.6. The Labute approximate surface area is 200 Å². The van der Waals surface area contributed by atoms with Crippen LogP contribution in [0.5, 0.6) is 5.75 Å². The molecule has 1 heterocycles. The molecular weight excluding hydrogens is 434 g/mol. The molecule has 1 amide bonds. The van der Waals surface area contributed by atoms with Gasteiger partial charge in [0.2, 0.25) is 5.91 Å². The topological polar surface area (TPSA) is 63.7 Å². The highest BCUT2D eigenvalue weighted by Crippen LogP contribution is 2.29. The van der Waals surface area contributed by atoms with E-state index in [1.54, 1.807) is 19.1 Å². The first-order valence-electron chi connectivity index (χ1n) is 11.5. The number of nitrogens with zero attached hydrogens (tertiary/aromatic N) is 1. The van der Waals surface area contributed by atoms with Crippen LogP contribution in [0, 0.1) is 5.92 Å². The molecule has 0 radical (unpaired) electrons. The van der Waals surface area contributed by atoms with Gasteiger partial charge in [0.05, 0.1) is 7.11 Å². The van der Waals surface area contributed by atoms with Crippen molar-refractivity contribution in [1.82, 2.24) is 4.90 Å². The molecule has 2 aromatic rings. The normalized spacial score (nSPS) is 19.5. The van der Waals surface area contributed by atoms with Crippen molar-refractivity contribution in [3.63, 3.8) is 0 Å². The van der Waals surface area contributed by atoms with Gasteiger partial charge in [-0.3, -0.25) is 13.8 Å². The van der Waals surface area contributed by atoms with Gasteiger partial charge in [0.15, 0.2) is 5.78 Å². The van der Waals surface area contributed by atoms with E-state index in [0.29, 0.717) is 30.1 Å². The molecule has 0 spiro atoms. The molecule has 2 aromatic carbocycles. The summed E-state index contributed by atoms with van der Waals surface area (Å²) in [5.41, 5.74) is 2.96. The fourth-order valence-electron chi connectivity index (χ4n) is 4.29. The standard InChI is InChI=1S/C27H35NO4S/c1-27(2,3)22-10-6-19(7-11-22)18-24(29)25(20-8-12-23(32-5)13-9-20)28(4)26(30)21-14-16-33(31)17-15-21/h6-13,21,25H,14-18H2,1-5H3. The van der Waals surface area contributed by atoms with Crippen LogP contribution in [-0.2, 0) is 32.2 Å². The summed E-state index contributed by atoms with van der Waals surface area (Å²) in [5, 5.41) is 0. The van der Waals surface area contributed by atoms with Crippen molar-refractivity contribution >= 4 is 22.5 Å². The van der Waals surface area contributed by atoms with Gasteiger partial charge in [-0.05, 0) is 47.1 Å².